The third-order valence-corrected chi connectivity index (χ3v) is 3.43. The van der Waals surface area contributed by atoms with E-state index in [0.29, 0.717) is 19.3 Å². The zero-order valence-corrected chi connectivity index (χ0v) is 12.4. The molecule has 0 fully saturated rings. The molecule has 1 heterocycles. The first-order chi connectivity index (χ1) is 9.85. The van der Waals surface area contributed by atoms with E-state index in [1.54, 1.807) is 0 Å². The van der Waals surface area contributed by atoms with E-state index < -0.39 is 0 Å². The number of nitrogens with one attached hydrogen (secondary N) is 1. The van der Waals surface area contributed by atoms with Gasteiger partial charge in [0.15, 0.2) is 6.29 Å². The average Bonchev–Trinajstić information content (AvgIpc) is 2.48. The van der Waals surface area contributed by atoms with Gasteiger partial charge in [0.1, 0.15) is 5.75 Å². The number of ether oxygens (including phenoxy) is 3. The van der Waals surface area contributed by atoms with Crippen LogP contribution < -0.4 is 10.1 Å². The van der Waals surface area contributed by atoms with Gasteiger partial charge in [0.2, 0.25) is 0 Å². The lowest BCUT2D eigenvalue weighted by Gasteiger charge is -2.27. The molecule has 0 saturated carbocycles. The van der Waals surface area contributed by atoms with Gasteiger partial charge in [0.05, 0.1) is 6.61 Å². The van der Waals surface area contributed by atoms with Gasteiger partial charge < -0.3 is 19.5 Å². The number of hydrogen-bond acceptors (Lipinski definition) is 4. The molecule has 0 bridgehead atoms. The molecular weight excluding hydrogens is 254 g/mol. The average molecular weight is 279 g/mol. The predicted molar refractivity (Wildman–Crippen MR) is 79.0 cm³/mol. The van der Waals surface area contributed by atoms with Crippen LogP contribution in [0.5, 0.6) is 5.75 Å². The van der Waals surface area contributed by atoms with Gasteiger partial charge in [-0.15, -0.1) is 0 Å². The number of hydrogen-bond donors (Lipinski definition) is 1. The second-order valence-electron chi connectivity index (χ2n) is 4.81. The Balaban J connectivity index is 1.82. The lowest BCUT2D eigenvalue weighted by molar-refractivity contribution is -0.138. The quantitative estimate of drug-likeness (QED) is 0.743. The van der Waals surface area contributed by atoms with E-state index in [1.165, 1.54) is 5.56 Å². The van der Waals surface area contributed by atoms with Gasteiger partial charge in [0, 0.05) is 44.2 Å². The smallest absolute Gasteiger partial charge is 0.158 e. The third kappa shape index (κ3) is 4.20. The molecule has 1 atom stereocenters. The van der Waals surface area contributed by atoms with Gasteiger partial charge in [0.25, 0.3) is 0 Å². The fourth-order valence-electron chi connectivity index (χ4n) is 2.52. The molecule has 0 saturated heterocycles. The van der Waals surface area contributed by atoms with Gasteiger partial charge in [-0.2, -0.15) is 0 Å². The standard InChI is InChI=1S/C16H25NO3/c1-3-18-16(19-4-2)9-11-17-14-10-12-20-15-8-6-5-7-13(14)15/h5-8,14,16-17H,3-4,9-12H2,1-2H3. The second kappa shape index (κ2) is 8.25. The highest BCUT2D eigenvalue weighted by molar-refractivity contribution is 5.37. The Morgan fingerprint density at radius 1 is 1.25 bits per heavy atom. The lowest BCUT2D eigenvalue weighted by atomic mass is 10.0. The maximum absolute atomic E-state index is 5.67. The summed E-state index contributed by atoms with van der Waals surface area (Å²) in [7, 11) is 0. The maximum Gasteiger partial charge on any atom is 0.158 e. The predicted octanol–water partition coefficient (Wildman–Crippen LogP) is 2.89. The summed E-state index contributed by atoms with van der Waals surface area (Å²) in [6.45, 7) is 7.01. The van der Waals surface area contributed by atoms with Crippen molar-refractivity contribution in [1.82, 2.24) is 5.32 Å². The topological polar surface area (TPSA) is 39.7 Å². The van der Waals surface area contributed by atoms with Crippen LogP contribution >= 0.6 is 0 Å². The molecule has 1 aromatic rings. The highest BCUT2D eigenvalue weighted by Gasteiger charge is 2.20. The van der Waals surface area contributed by atoms with Crippen LogP contribution in [-0.2, 0) is 9.47 Å². The second-order valence-corrected chi connectivity index (χ2v) is 4.81. The number of benzene rings is 1. The molecule has 0 amide bonds. The molecule has 0 aromatic heterocycles. The van der Waals surface area contributed by atoms with E-state index >= 15 is 0 Å². The zero-order valence-electron chi connectivity index (χ0n) is 12.4. The maximum atomic E-state index is 5.67. The highest BCUT2D eigenvalue weighted by atomic mass is 16.7. The fraction of sp³-hybridized carbons (Fsp3) is 0.625. The van der Waals surface area contributed by atoms with Crippen LogP contribution in [0.4, 0.5) is 0 Å². The first-order valence-electron chi connectivity index (χ1n) is 7.53. The van der Waals surface area contributed by atoms with E-state index in [1.807, 2.05) is 26.0 Å². The first-order valence-corrected chi connectivity index (χ1v) is 7.53. The van der Waals surface area contributed by atoms with Crippen LogP contribution in [0.3, 0.4) is 0 Å². The fourth-order valence-corrected chi connectivity index (χ4v) is 2.52. The van der Waals surface area contributed by atoms with Gasteiger partial charge in [-0.1, -0.05) is 18.2 Å². The van der Waals surface area contributed by atoms with E-state index in [9.17, 15) is 0 Å². The van der Waals surface area contributed by atoms with Gasteiger partial charge in [-0.3, -0.25) is 0 Å². The molecule has 0 radical (unpaired) electrons. The monoisotopic (exact) mass is 279 g/mol. The Bertz CT molecular complexity index is 391. The SMILES string of the molecule is CCOC(CCNC1CCOc2ccccc21)OCC. The van der Waals surface area contributed by atoms with Crippen molar-refractivity contribution in [2.24, 2.45) is 0 Å². The Hall–Kier alpha value is -1.10. The Kier molecular flexibility index (Phi) is 6.30. The molecule has 4 nitrogen and oxygen atoms in total. The normalized spacial score (nSPS) is 17.9. The molecule has 1 aliphatic heterocycles. The molecule has 1 aliphatic rings. The van der Waals surface area contributed by atoms with Crippen LogP contribution in [0, 0.1) is 0 Å². The molecule has 112 valence electrons. The minimum Gasteiger partial charge on any atom is -0.493 e. The van der Waals surface area contributed by atoms with Crippen molar-refractivity contribution in [2.75, 3.05) is 26.4 Å². The lowest BCUT2D eigenvalue weighted by Crippen LogP contribution is -2.30. The van der Waals surface area contributed by atoms with Crippen molar-refractivity contribution >= 4 is 0 Å². The highest BCUT2D eigenvalue weighted by Crippen LogP contribution is 2.31. The largest absolute Gasteiger partial charge is 0.493 e. The molecule has 1 aromatic carbocycles. The van der Waals surface area contributed by atoms with Gasteiger partial charge >= 0.3 is 0 Å². The van der Waals surface area contributed by atoms with Crippen molar-refractivity contribution in [1.29, 1.82) is 0 Å². The van der Waals surface area contributed by atoms with Crippen LogP contribution in [-0.4, -0.2) is 32.7 Å². The molecule has 0 aliphatic carbocycles. The number of para-hydroxylation sites is 1. The van der Waals surface area contributed by atoms with Crippen molar-refractivity contribution < 1.29 is 14.2 Å². The van der Waals surface area contributed by atoms with Crippen molar-refractivity contribution in [3.8, 4) is 5.75 Å². The van der Waals surface area contributed by atoms with Crippen LogP contribution in [0.1, 0.15) is 38.3 Å². The molecule has 4 heteroatoms. The zero-order chi connectivity index (χ0) is 14.2. The van der Waals surface area contributed by atoms with E-state index in [-0.39, 0.29) is 6.29 Å². The summed E-state index contributed by atoms with van der Waals surface area (Å²) in [5.74, 6) is 1.00. The van der Waals surface area contributed by atoms with Crippen LogP contribution in [0.25, 0.3) is 0 Å². The summed E-state index contributed by atoms with van der Waals surface area (Å²) in [5, 5.41) is 3.59. The number of fused-ring (bicyclic) bond motifs is 1. The minimum absolute atomic E-state index is 0.104. The van der Waals surface area contributed by atoms with Gasteiger partial charge in [-0.25, -0.2) is 0 Å². The summed E-state index contributed by atoms with van der Waals surface area (Å²) in [6, 6.07) is 8.61. The van der Waals surface area contributed by atoms with E-state index in [4.69, 9.17) is 14.2 Å². The van der Waals surface area contributed by atoms with Gasteiger partial charge in [-0.05, 0) is 19.9 Å². The molecule has 1 N–H and O–H groups in total. The molecular formula is C16H25NO3. The Morgan fingerprint density at radius 3 is 2.75 bits per heavy atom. The summed E-state index contributed by atoms with van der Waals surface area (Å²) in [5.41, 5.74) is 1.25. The molecule has 2 rings (SSSR count). The summed E-state index contributed by atoms with van der Waals surface area (Å²) < 4.78 is 16.8. The Morgan fingerprint density at radius 2 is 2.00 bits per heavy atom. The number of rotatable bonds is 8. The first kappa shape index (κ1) is 15.3. The summed E-state index contributed by atoms with van der Waals surface area (Å²) >= 11 is 0. The van der Waals surface area contributed by atoms with E-state index in [2.05, 4.69) is 17.4 Å². The van der Waals surface area contributed by atoms with Crippen molar-refractivity contribution in [3.63, 3.8) is 0 Å². The van der Waals surface area contributed by atoms with Crippen molar-refractivity contribution in [3.05, 3.63) is 29.8 Å². The van der Waals surface area contributed by atoms with Crippen LogP contribution in [0.2, 0.25) is 0 Å². The minimum atomic E-state index is -0.104. The molecule has 20 heavy (non-hydrogen) atoms. The summed E-state index contributed by atoms with van der Waals surface area (Å²) in [6.07, 6.45) is 1.76. The molecule has 0 spiro atoms. The third-order valence-electron chi connectivity index (χ3n) is 3.43. The van der Waals surface area contributed by atoms with Crippen molar-refractivity contribution in [2.45, 2.75) is 39.0 Å². The van der Waals surface area contributed by atoms with Crippen LogP contribution in [0.15, 0.2) is 24.3 Å². The van der Waals surface area contributed by atoms with E-state index in [0.717, 1.165) is 31.7 Å². The summed E-state index contributed by atoms with van der Waals surface area (Å²) in [4.78, 5) is 0. The Labute approximate surface area is 121 Å². The molecule has 1 unspecified atom stereocenters.